The first kappa shape index (κ1) is 19.2. The quantitative estimate of drug-likeness (QED) is 0.551. The van der Waals surface area contributed by atoms with E-state index in [1.807, 2.05) is 62.4 Å². The molecule has 0 aliphatic heterocycles. The minimum absolute atomic E-state index is 0.0686. The van der Waals surface area contributed by atoms with Crippen LogP contribution in [0.4, 0.5) is 22.7 Å². The van der Waals surface area contributed by atoms with Crippen molar-refractivity contribution in [3.8, 4) is 0 Å². The summed E-state index contributed by atoms with van der Waals surface area (Å²) in [7, 11) is 0. The molecule has 5 heteroatoms. The minimum Gasteiger partial charge on any atom is -0.355 e. The number of hydrogen-bond acceptors (Lipinski definition) is 3. The van der Waals surface area contributed by atoms with Gasteiger partial charge in [0.15, 0.2) is 0 Å². The largest absolute Gasteiger partial charge is 0.355 e. The highest BCUT2D eigenvalue weighted by Gasteiger charge is 2.12. The molecule has 0 fully saturated rings. The summed E-state index contributed by atoms with van der Waals surface area (Å²) in [5.41, 5.74) is 3.41. The average Bonchev–Trinajstić information content (AvgIpc) is 2.69. The van der Waals surface area contributed by atoms with Crippen LogP contribution in [0.5, 0.6) is 0 Å². The molecule has 0 aliphatic rings. The van der Waals surface area contributed by atoms with Crippen molar-refractivity contribution in [3.05, 3.63) is 84.4 Å². The lowest BCUT2D eigenvalue weighted by Crippen LogP contribution is -2.18. The molecule has 0 saturated carbocycles. The molecule has 5 nitrogen and oxygen atoms in total. The van der Waals surface area contributed by atoms with Crippen molar-refractivity contribution < 1.29 is 9.59 Å². The third kappa shape index (κ3) is 4.98. The van der Waals surface area contributed by atoms with E-state index in [1.54, 1.807) is 30.3 Å². The Morgan fingerprint density at radius 1 is 0.714 bits per heavy atom. The molecular weight excluding hydrogens is 350 g/mol. The third-order valence-electron chi connectivity index (χ3n) is 4.14. The van der Waals surface area contributed by atoms with Crippen LogP contribution in [-0.2, 0) is 4.79 Å². The Hall–Kier alpha value is -3.60. The van der Waals surface area contributed by atoms with Crippen molar-refractivity contribution in [2.24, 2.45) is 5.92 Å². The predicted molar refractivity (Wildman–Crippen MR) is 114 cm³/mol. The van der Waals surface area contributed by atoms with E-state index in [9.17, 15) is 9.59 Å². The zero-order chi connectivity index (χ0) is 19.9. The molecule has 0 atom stereocenters. The van der Waals surface area contributed by atoms with E-state index < -0.39 is 0 Å². The molecule has 0 aromatic heterocycles. The first-order valence-corrected chi connectivity index (χ1v) is 9.16. The zero-order valence-corrected chi connectivity index (χ0v) is 15.9. The van der Waals surface area contributed by atoms with Crippen LogP contribution in [0.2, 0.25) is 0 Å². The van der Waals surface area contributed by atoms with Crippen molar-refractivity contribution in [3.63, 3.8) is 0 Å². The van der Waals surface area contributed by atoms with Crippen LogP contribution in [0.25, 0.3) is 0 Å². The number of nitrogens with one attached hydrogen (secondary N) is 3. The Morgan fingerprint density at radius 2 is 1.32 bits per heavy atom. The predicted octanol–water partition coefficient (Wildman–Crippen LogP) is 5.28. The van der Waals surface area contributed by atoms with Crippen LogP contribution in [0.1, 0.15) is 24.2 Å². The summed E-state index contributed by atoms with van der Waals surface area (Å²) in [6.45, 7) is 3.66. The number of benzene rings is 3. The first-order chi connectivity index (χ1) is 13.5. The lowest BCUT2D eigenvalue weighted by atomic mass is 10.1. The Labute approximate surface area is 164 Å². The molecule has 3 N–H and O–H groups in total. The molecule has 2 amide bonds. The zero-order valence-electron chi connectivity index (χ0n) is 15.9. The topological polar surface area (TPSA) is 70.2 Å². The van der Waals surface area contributed by atoms with E-state index in [0.717, 1.165) is 11.4 Å². The molecule has 142 valence electrons. The first-order valence-electron chi connectivity index (χ1n) is 9.16. The van der Waals surface area contributed by atoms with Crippen molar-refractivity contribution in [2.45, 2.75) is 13.8 Å². The van der Waals surface area contributed by atoms with E-state index in [4.69, 9.17) is 0 Å². The van der Waals surface area contributed by atoms with Crippen LogP contribution in [0.15, 0.2) is 78.9 Å². The van der Waals surface area contributed by atoms with Crippen molar-refractivity contribution in [1.29, 1.82) is 0 Å². The third-order valence-corrected chi connectivity index (χ3v) is 4.14. The number of carbonyl (C=O) groups is 2. The lowest BCUT2D eigenvalue weighted by Gasteiger charge is -2.13. The van der Waals surface area contributed by atoms with Gasteiger partial charge in [0.2, 0.25) is 5.91 Å². The van der Waals surface area contributed by atoms with Gasteiger partial charge in [-0.25, -0.2) is 0 Å². The Morgan fingerprint density at radius 3 is 2.04 bits per heavy atom. The molecule has 0 saturated heterocycles. The summed E-state index contributed by atoms with van der Waals surface area (Å²) < 4.78 is 0. The van der Waals surface area contributed by atoms with Gasteiger partial charge in [-0.1, -0.05) is 50.2 Å². The van der Waals surface area contributed by atoms with Gasteiger partial charge in [-0.15, -0.1) is 0 Å². The summed E-state index contributed by atoms with van der Waals surface area (Å²) in [5.74, 6) is -0.415. The second-order valence-electron chi connectivity index (χ2n) is 6.72. The Kier molecular flexibility index (Phi) is 6.07. The van der Waals surface area contributed by atoms with Crippen LogP contribution in [0, 0.1) is 5.92 Å². The maximum absolute atomic E-state index is 12.8. The second kappa shape index (κ2) is 8.86. The molecule has 0 unspecified atom stereocenters. The van der Waals surface area contributed by atoms with E-state index in [1.165, 1.54) is 0 Å². The molecule has 0 spiro atoms. The molecular formula is C23H23N3O2. The van der Waals surface area contributed by atoms with Crippen LogP contribution >= 0.6 is 0 Å². The van der Waals surface area contributed by atoms with Crippen LogP contribution in [0.3, 0.4) is 0 Å². The highest BCUT2D eigenvalue weighted by Crippen LogP contribution is 2.23. The summed E-state index contributed by atoms with van der Waals surface area (Å²) in [6, 6.07) is 24.1. The van der Waals surface area contributed by atoms with Crippen LogP contribution < -0.4 is 16.0 Å². The van der Waals surface area contributed by atoms with Gasteiger partial charge in [-0.2, -0.15) is 0 Å². The summed E-state index contributed by atoms with van der Waals surface area (Å²) >= 11 is 0. The van der Waals surface area contributed by atoms with Crippen LogP contribution in [-0.4, -0.2) is 11.8 Å². The van der Waals surface area contributed by atoms with Gasteiger partial charge < -0.3 is 16.0 Å². The van der Waals surface area contributed by atoms with E-state index in [-0.39, 0.29) is 17.7 Å². The molecule has 0 aliphatic carbocycles. The standard InChI is InChI=1S/C23H23N3O2/c1-16(2)22(27)25-18-11-8-12-19(15-18)26-23(28)20-13-6-7-14-21(20)24-17-9-4-3-5-10-17/h3-16,24H,1-2H3,(H,25,27)(H,26,28). The fourth-order valence-corrected chi connectivity index (χ4v) is 2.63. The number of para-hydroxylation sites is 2. The Bertz CT molecular complexity index is 968. The highest BCUT2D eigenvalue weighted by molar-refractivity contribution is 6.08. The fraction of sp³-hybridized carbons (Fsp3) is 0.130. The van der Waals surface area contributed by atoms with Gasteiger partial charge >= 0.3 is 0 Å². The summed E-state index contributed by atoms with van der Waals surface area (Å²) in [4.78, 5) is 24.7. The monoisotopic (exact) mass is 373 g/mol. The SMILES string of the molecule is CC(C)C(=O)Nc1cccc(NC(=O)c2ccccc2Nc2ccccc2)c1. The maximum atomic E-state index is 12.8. The number of carbonyl (C=O) groups excluding carboxylic acids is 2. The minimum atomic E-state index is -0.230. The smallest absolute Gasteiger partial charge is 0.257 e. The number of rotatable bonds is 6. The lowest BCUT2D eigenvalue weighted by molar-refractivity contribution is -0.118. The molecule has 0 bridgehead atoms. The normalized spacial score (nSPS) is 10.4. The van der Waals surface area contributed by atoms with Gasteiger partial charge in [0.25, 0.3) is 5.91 Å². The van der Waals surface area contributed by atoms with Crippen molar-refractivity contribution >= 4 is 34.6 Å². The van der Waals surface area contributed by atoms with Gasteiger partial charge in [-0.05, 0) is 42.5 Å². The summed E-state index contributed by atoms with van der Waals surface area (Å²) in [5, 5.41) is 9.00. The van der Waals surface area contributed by atoms with E-state index in [0.29, 0.717) is 16.9 Å². The number of hydrogen-bond donors (Lipinski definition) is 3. The molecule has 0 heterocycles. The van der Waals surface area contributed by atoms with Gasteiger partial charge in [0.1, 0.15) is 0 Å². The molecule has 3 rings (SSSR count). The molecule has 3 aromatic rings. The number of anilines is 4. The van der Waals surface area contributed by atoms with E-state index >= 15 is 0 Å². The average molecular weight is 373 g/mol. The number of amides is 2. The summed E-state index contributed by atoms with van der Waals surface area (Å²) in [6.07, 6.45) is 0. The fourth-order valence-electron chi connectivity index (χ4n) is 2.63. The van der Waals surface area contributed by atoms with Gasteiger partial charge in [0, 0.05) is 23.0 Å². The maximum Gasteiger partial charge on any atom is 0.257 e. The Balaban J connectivity index is 1.76. The molecule has 0 radical (unpaired) electrons. The van der Waals surface area contributed by atoms with Crippen molar-refractivity contribution in [1.82, 2.24) is 0 Å². The highest BCUT2D eigenvalue weighted by atomic mass is 16.2. The van der Waals surface area contributed by atoms with Gasteiger partial charge in [-0.3, -0.25) is 9.59 Å². The van der Waals surface area contributed by atoms with Crippen molar-refractivity contribution in [2.75, 3.05) is 16.0 Å². The molecule has 3 aromatic carbocycles. The van der Waals surface area contributed by atoms with Gasteiger partial charge in [0.05, 0.1) is 11.3 Å². The van der Waals surface area contributed by atoms with E-state index in [2.05, 4.69) is 16.0 Å². The molecule has 28 heavy (non-hydrogen) atoms. The second-order valence-corrected chi connectivity index (χ2v) is 6.72.